The van der Waals surface area contributed by atoms with Crippen LogP contribution in [0.4, 0.5) is 4.79 Å². The Labute approximate surface area is 136 Å². The van der Waals surface area contributed by atoms with Crippen LogP contribution in [-0.4, -0.2) is 43.6 Å². The molecule has 1 fully saturated rings. The van der Waals surface area contributed by atoms with Crippen molar-refractivity contribution in [3.63, 3.8) is 0 Å². The molecule has 3 amide bonds. The summed E-state index contributed by atoms with van der Waals surface area (Å²) < 4.78 is 5.08. The monoisotopic (exact) mass is 317 g/mol. The Morgan fingerprint density at radius 1 is 1.35 bits per heavy atom. The molecule has 6 heteroatoms. The van der Waals surface area contributed by atoms with Crippen molar-refractivity contribution in [3.8, 4) is 5.75 Å². The summed E-state index contributed by atoms with van der Waals surface area (Å²) in [5.74, 6) is 1.02. The molecule has 1 aliphatic rings. The van der Waals surface area contributed by atoms with Crippen LogP contribution in [0.3, 0.4) is 0 Å². The molecule has 0 saturated carbocycles. The summed E-state index contributed by atoms with van der Waals surface area (Å²) >= 11 is 0. The van der Waals surface area contributed by atoms with Gasteiger partial charge in [-0.3, -0.25) is 4.79 Å². The molecule has 0 atom stereocenters. The maximum Gasteiger partial charge on any atom is 0.318 e. The lowest BCUT2D eigenvalue weighted by atomic mass is 10.2. The summed E-state index contributed by atoms with van der Waals surface area (Å²) in [6.45, 7) is 2.10. The molecule has 0 unspecified atom stereocenters. The summed E-state index contributed by atoms with van der Waals surface area (Å²) in [6, 6.07) is 7.28. The van der Waals surface area contributed by atoms with Crippen molar-refractivity contribution in [1.29, 1.82) is 0 Å². The van der Waals surface area contributed by atoms with Gasteiger partial charge in [0.15, 0.2) is 0 Å². The van der Waals surface area contributed by atoms with Crippen LogP contribution in [0.2, 0.25) is 0 Å². The van der Waals surface area contributed by atoms with E-state index in [1.165, 1.54) is 0 Å². The maximum absolute atomic E-state index is 11.6. The first-order valence-corrected chi connectivity index (χ1v) is 7.82. The minimum atomic E-state index is -0.248. The normalized spacial score (nSPS) is 14.3. The van der Waals surface area contributed by atoms with E-state index in [2.05, 4.69) is 10.6 Å². The lowest BCUT2D eigenvalue weighted by molar-refractivity contribution is -0.127. The molecule has 1 saturated heterocycles. The molecule has 1 aromatic carbocycles. The van der Waals surface area contributed by atoms with Crippen LogP contribution < -0.4 is 15.4 Å². The first-order valence-electron chi connectivity index (χ1n) is 7.82. The highest BCUT2D eigenvalue weighted by molar-refractivity contribution is 5.78. The number of hydrogen-bond acceptors (Lipinski definition) is 3. The lowest BCUT2D eigenvalue weighted by Gasteiger charge is -2.15. The molecule has 1 aliphatic heterocycles. The van der Waals surface area contributed by atoms with Gasteiger partial charge in [0.2, 0.25) is 5.91 Å². The fourth-order valence-electron chi connectivity index (χ4n) is 2.39. The standard InChI is InChI=1S/C17H23N3O3/c1-23-15-7-5-14(6-8-15)9-11-19-17(22)18-10-3-13-20-12-2-4-16(20)21/h5-9,11H,2-4,10,12-13H2,1H3,(H2,18,19,22)/b11-9+. The number of carbonyl (C=O) groups excluding carboxylic acids is 2. The van der Waals surface area contributed by atoms with Gasteiger partial charge in [-0.1, -0.05) is 12.1 Å². The van der Waals surface area contributed by atoms with Gasteiger partial charge in [-0.25, -0.2) is 4.79 Å². The van der Waals surface area contributed by atoms with Crippen LogP contribution in [0.15, 0.2) is 30.5 Å². The van der Waals surface area contributed by atoms with Crippen molar-refractivity contribution in [2.75, 3.05) is 26.7 Å². The molecule has 0 spiro atoms. The molecule has 23 heavy (non-hydrogen) atoms. The van der Waals surface area contributed by atoms with E-state index in [1.54, 1.807) is 13.3 Å². The predicted octanol–water partition coefficient (Wildman–Crippen LogP) is 1.98. The average molecular weight is 317 g/mol. The SMILES string of the molecule is COc1ccc(/C=C/NC(=O)NCCCN2CCCC2=O)cc1. The third-order valence-electron chi connectivity index (χ3n) is 3.67. The molecule has 2 N–H and O–H groups in total. The summed E-state index contributed by atoms with van der Waals surface area (Å²) in [5.41, 5.74) is 0.971. The number of nitrogens with one attached hydrogen (secondary N) is 2. The number of amides is 3. The number of ether oxygens (including phenoxy) is 1. The van der Waals surface area contributed by atoms with Gasteiger partial charge in [0.05, 0.1) is 7.11 Å². The molecule has 0 aromatic heterocycles. The van der Waals surface area contributed by atoms with E-state index < -0.39 is 0 Å². The van der Waals surface area contributed by atoms with Gasteiger partial charge < -0.3 is 20.3 Å². The highest BCUT2D eigenvalue weighted by atomic mass is 16.5. The zero-order valence-corrected chi connectivity index (χ0v) is 13.4. The minimum Gasteiger partial charge on any atom is -0.497 e. The van der Waals surface area contributed by atoms with Crippen LogP contribution in [0.25, 0.3) is 6.08 Å². The molecule has 0 radical (unpaired) electrons. The van der Waals surface area contributed by atoms with Crippen molar-refractivity contribution in [2.45, 2.75) is 19.3 Å². The molecule has 1 heterocycles. The van der Waals surface area contributed by atoms with Gasteiger partial charge in [0, 0.05) is 32.3 Å². The number of hydrogen-bond donors (Lipinski definition) is 2. The molecular weight excluding hydrogens is 294 g/mol. The Hall–Kier alpha value is -2.50. The fraction of sp³-hybridized carbons (Fsp3) is 0.412. The third-order valence-corrected chi connectivity index (χ3v) is 3.67. The quantitative estimate of drug-likeness (QED) is 0.756. The van der Waals surface area contributed by atoms with Gasteiger partial charge in [0.25, 0.3) is 0 Å². The fourth-order valence-corrected chi connectivity index (χ4v) is 2.39. The highest BCUT2D eigenvalue weighted by Gasteiger charge is 2.18. The first kappa shape index (κ1) is 16.9. The molecule has 0 aliphatic carbocycles. The Kier molecular flexibility index (Phi) is 6.47. The van der Waals surface area contributed by atoms with E-state index in [1.807, 2.05) is 35.2 Å². The van der Waals surface area contributed by atoms with Gasteiger partial charge in [-0.2, -0.15) is 0 Å². The van der Waals surface area contributed by atoms with Crippen LogP contribution in [0, 0.1) is 0 Å². The summed E-state index contributed by atoms with van der Waals surface area (Å²) in [4.78, 5) is 24.9. The number of urea groups is 1. The van der Waals surface area contributed by atoms with Crippen molar-refractivity contribution < 1.29 is 14.3 Å². The molecule has 124 valence electrons. The second-order valence-corrected chi connectivity index (χ2v) is 5.34. The van der Waals surface area contributed by atoms with Crippen LogP contribution in [-0.2, 0) is 4.79 Å². The maximum atomic E-state index is 11.6. The smallest absolute Gasteiger partial charge is 0.318 e. The van der Waals surface area contributed by atoms with E-state index >= 15 is 0 Å². The molecule has 2 rings (SSSR count). The number of methoxy groups -OCH3 is 1. The van der Waals surface area contributed by atoms with Gasteiger partial charge in [-0.15, -0.1) is 0 Å². The Balaban J connectivity index is 1.60. The van der Waals surface area contributed by atoms with E-state index in [9.17, 15) is 9.59 Å². The Morgan fingerprint density at radius 2 is 2.13 bits per heavy atom. The van der Waals surface area contributed by atoms with Crippen molar-refractivity contribution in [2.24, 2.45) is 0 Å². The van der Waals surface area contributed by atoms with E-state index in [0.29, 0.717) is 19.5 Å². The van der Waals surface area contributed by atoms with E-state index in [0.717, 1.165) is 30.7 Å². The third kappa shape index (κ3) is 5.65. The number of benzene rings is 1. The Morgan fingerprint density at radius 3 is 2.78 bits per heavy atom. The minimum absolute atomic E-state index is 0.219. The second-order valence-electron chi connectivity index (χ2n) is 5.34. The van der Waals surface area contributed by atoms with E-state index in [-0.39, 0.29) is 11.9 Å². The molecule has 1 aromatic rings. The first-order chi connectivity index (χ1) is 11.2. The van der Waals surface area contributed by atoms with Crippen LogP contribution in [0.5, 0.6) is 5.75 Å². The van der Waals surface area contributed by atoms with E-state index in [4.69, 9.17) is 4.74 Å². The number of nitrogens with zero attached hydrogens (tertiary/aromatic N) is 1. The Bertz CT molecular complexity index is 555. The summed E-state index contributed by atoms with van der Waals surface area (Å²) in [5, 5.41) is 5.42. The van der Waals surface area contributed by atoms with Crippen LogP contribution in [0.1, 0.15) is 24.8 Å². The second kappa shape index (κ2) is 8.82. The number of likely N-dealkylation sites (tertiary alicyclic amines) is 1. The van der Waals surface area contributed by atoms with Crippen molar-refractivity contribution in [3.05, 3.63) is 36.0 Å². The number of carbonyl (C=O) groups is 2. The van der Waals surface area contributed by atoms with Crippen molar-refractivity contribution in [1.82, 2.24) is 15.5 Å². The lowest BCUT2D eigenvalue weighted by Crippen LogP contribution is -2.35. The summed E-state index contributed by atoms with van der Waals surface area (Å²) in [7, 11) is 1.62. The average Bonchev–Trinajstić information content (AvgIpc) is 2.97. The van der Waals surface area contributed by atoms with Gasteiger partial charge in [-0.05, 0) is 36.6 Å². The zero-order valence-electron chi connectivity index (χ0n) is 13.4. The topological polar surface area (TPSA) is 70.7 Å². The zero-order chi connectivity index (χ0) is 16.5. The predicted molar refractivity (Wildman–Crippen MR) is 89.0 cm³/mol. The highest BCUT2D eigenvalue weighted by Crippen LogP contribution is 2.12. The molecule has 6 nitrogen and oxygen atoms in total. The van der Waals surface area contributed by atoms with Gasteiger partial charge in [0.1, 0.15) is 5.75 Å². The van der Waals surface area contributed by atoms with Crippen molar-refractivity contribution >= 4 is 18.0 Å². The van der Waals surface area contributed by atoms with Crippen LogP contribution >= 0.6 is 0 Å². The molecule has 0 bridgehead atoms. The summed E-state index contributed by atoms with van der Waals surface area (Å²) in [6.07, 6.45) is 5.78. The largest absolute Gasteiger partial charge is 0.497 e. The van der Waals surface area contributed by atoms with Gasteiger partial charge >= 0.3 is 6.03 Å². The number of rotatable bonds is 7. The molecular formula is C17H23N3O3.